The van der Waals surface area contributed by atoms with E-state index in [2.05, 4.69) is 9.97 Å². The Morgan fingerprint density at radius 1 is 1.50 bits per heavy atom. The lowest BCUT2D eigenvalue weighted by Gasteiger charge is -2.00. The number of H-pyrrole nitrogens is 1. The number of benzene rings is 1. The first-order valence-corrected chi connectivity index (χ1v) is 3.84. The van der Waals surface area contributed by atoms with Crippen molar-refractivity contribution in [1.29, 1.82) is 0 Å². The fourth-order valence-corrected chi connectivity index (χ4v) is 1.20. The molecular weight excluding hydrogens is 155 g/mol. The zero-order chi connectivity index (χ0) is 8.55. The SMILES string of the molecule is CC(F)c1ccc2nc[nH]c2c1. The van der Waals surface area contributed by atoms with Crippen molar-refractivity contribution in [2.75, 3.05) is 0 Å². The number of imidazole rings is 1. The molecule has 62 valence electrons. The Balaban J connectivity index is 2.60. The summed E-state index contributed by atoms with van der Waals surface area (Å²) in [5.74, 6) is 0. The molecule has 0 spiro atoms. The van der Waals surface area contributed by atoms with Gasteiger partial charge in [-0.3, -0.25) is 0 Å². The van der Waals surface area contributed by atoms with Crippen LogP contribution in [0.1, 0.15) is 18.7 Å². The Bertz CT molecular complexity index is 392. The Morgan fingerprint density at radius 2 is 2.33 bits per heavy atom. The van der Waals surface area contributed by atoms with Crippen LogP contribution in [0, 0.1) is 0 Å². The molecule has 1 atom stereocenters. The normalized spacial score (nSPS) is 13.5. The van der Waals surface area contributed by atoms with E-state index < -0.39 is 6.17 Å². The lowest BCUT2D eigenvalue weighted by molar-refractivity contribution is 0.374. The first-order valence-electron chi connectivity index (χ1n) is 3.84. The van der Waals surface area contributed by atoms with Gasteiger partial charge in [-0.1, -0.05) is 6.07 Å². The third-order valence-corrected chi connectivity index (χ3v) is 1.90. The minimum absolute atomic E-state index is 0.687. The van der Waals surface area contributed by atoms with Gasteiger partial charge in [-0.15, -0.1) is 0 Å². The molecular formula is C9H9FN2. The number of fused-ring (bicyclic) bond motifs is 1. The van der Waals surface area contributed by atoms with Crippen LogP contribution in [0.2, 0.25) is 0 Å². The molecule has 0 aliphatic carbocycles. The van der Waals surface area contributed by atoms with Gasteiger partial charge in [0.1, 0.15) is 6.17 Å². The van der Waals surface area contributed by atoms with Crippen LogP contribution in [-0.2, 0) is 0 Å². The van der Waals surface area contributed by atoms with Crippen molar-refractivity contribution in [2.24, 2.45) is 0 Å². The lowest BCUT2D eigenvalue weighted by atomic mass is 10.1. The molecule has 1 heterocycles. The minimum Gasteiger partial charge on any atom is -0.345 e. The molecule has 2 rings (SSSR count). The molecule has 0 aliphatic rings. The summed E-state index contributed by atoms with van der Waals surface area (Å²) in [5, 5.41) is 0. The second kappa shape index (κ2) is 2.59. The van der Waals surface area contributed by atoms with Gasteiger partial charge in [-0.25, -0.2) is 9.37 Å². The van der Waals surface area contributed by atoms with Crippen LogP contribution in [0.3, 0.4) is 0 Å². The summed E-state index contributed by atoms with van der Waals surface area (Å²) >= 11 is 0. The molecule has 3 heteroatoms. The molecule has 2 aromatic rings. The molecule has 0 fully saturated rings. The van der Waals surface area contributed by atoms with Gasteiger partial charge in [0.2, 0.25) is 0 Å². The third kappa shape index (κ3) is 1.07. The summed E-state index contributed by atoms with van der Waals surface area (Å²) in [4.78, 5) is 6.98. The van der Waals surface area contributed by atoms with E-state index in [9.17, 15) is 4.39 Å². The standard InChI is InChI=1S/C9H9FN2/c1-6(10)7-2-3-8-9(4-7)12-5-11-8/h2-6H,1H3,(H,11,12). The van der Waals surface area contributed by atoms with Crippen molar-refractivity contribution < 1.29 is 4.39 Å². The number of halogens is 1. The highest BCUT2D eigenvalue weighted by atomic mass is 19.1. The van der Waals surface area contributed by atoms with E-state index in [4.69, 9.17) is 0 Å². The van der Waals surface area contributed by atoms with Crippen LogP contribution in [0.5, 0.6) is 0 Å². The van der Waals surface area contributed by atoms with E-state index in [1.807, 2.05) is 6.07 Å². The largest absolute Gasteiger partial charge is 0.345 e. The molecule has 0 saturated carbocycles. The first-order chi connectivity index (χ1) is 5.77. The van der Waals surface area contributed by atoms with Crippen molar-refractivity contribution >= 4 is 11.0 Å². The van der Waals surface area contributed by atoms with Crippen LogP contribution < -0.4 is 0 Å². The van der Waals surface area contributed by atoms with Crippen LogP contribution in [0.4, 0.5) is 4.39 Å². The van der Waals surface area contributed by atoms with Gasteiger partial charge in [0.05, 0.1) is 17.4 Å². The summed E-state index contributed by atoms with van der Waals surface area (Å²) in [6.45, 7) is 1.53. The van der Waals surface area contributed by atoms with Crippen LogP contribution in [0.15, 0.2) is 24.5 Å². The van der Waals surface area contributed by atoms with E-state index in [0.29, 0.717) is 5.56 Å². The summed E-state index contributed by atoms with van der Waals surface area (Å²) < 4.78 is 12.8. The zero-order valence-corrected chi connectivity index (χ0v) is 6.71. The second-order valence-electron chi connectivity index (χ2n) is 2.80. The second-order valence-corrected chi connectivity index (χ2v) is 2.80. The van der Waals surface area contributed by atoms with Crippen LogP contribution in [0.25, 0.3) is 11.0 Å². The average Bonchev–Trinajstić information content (AvgIpc) is 2.49. The number of aromatic nitrogens is 2. The average molecular weight is 164 g/mol. The number of aromatic amines is 1. The van der Waals surface area contributed by atoms with E-state index >= 15 is 0 Å². The molecule has 1 aromatic heterocycles. The fourth-order valence-electron chi connectivity index (χ4n) is 1.20. The van der Waals surface area contributed by atoms with Gasteiger partial charge < -0.3 is 4.98 Å². The van der Waals surface area contributed by atoms with Crippen molar-refractivity contribution in [3.05, 3.63) is 30.1 Å². The molecule has 1 aromatic carbocycles. The fraction of sp³-hybridized carbons (Fsp3) is 0.222. The maximum atomic E-state index is 12.8. The maximum absolute atomic E-state index is 12.8. The number of alkyl halides is 1. The van der Waals surface area contributed by atoms with Gasteiger partial charge >= 0.3 is 0 Å². The molecule has 2 nitrogen and oxygen atoms in total. The van der Waals surface area contributed by atoms with Gasteiger partial charge in [-0.2, -0.15) is 0 Å². The predicted molar refractivity (Wildman–Crippen MR) is 45.6 cm³/mol. The monoisotopic (exact) mass is 164 g/mol. The lowest BCUT2D eigenvalue weighted by Crippen LogP contribution is -1.84. The number of hydrogen-bond donors (Lipinski definition) is 1. The van der Waals surface area contributed by atoms with Crippen molar-refractivity contribution in [3.8, 4) is 0 Å². The smallest absolute Gasteiger partial charge is 0.122 e. The van der Waals surface area contributed by atoms with Gasteiger partial charge in [0, 0.05) is 0 Å². The Morgan fingerprint density at radius 3 is 3.08 bits per heavy atom. The van der Waals surface area contributed by atoms with Crippen molar-refractivity contribution in [2.45, 2.75) is 13.1 Å². The predicted octanol–water partition coefficient (Wildman–Crippen LogP) is 2.59. The van der Waals surface area contributed by atoms with E-state index in [0.717, 1.165) is 11.0 Å². The van der Waals surface area contributed by atoms with Gasteiger partial charge in [0.15, 0.2) is 0 Å². The maximum Gasteiger partial charge on any atom is 0.122 e. The third-order valence-electron chi connectivity index (χ3n) is 1.90. The molecule has 0 amide bonds. The highest BCUT2D eigenvalue weighted by Crippen LogP contribution is 2.19. The van der Waals surface area contributed by atoms with Gasteiger partial charge in [-0.05, 0) is 24.6 Å². The van der Waals surface area contributed by atoms with Crippen LogP contribution in [-0.4, -0.2) is 9.97 Å². The van der Waals surface area contributed by atoms with Gasteiger partial charge in [0.25, 0.3) is 0 Å². The zero-order valence-electron chi connectivity index (χ0n) is 6.71. The molecule has 0 bridgehead atoms. The van der Waals surface area contributed by atoms with Crippen molar-refractivity contribution in [1.82, 2.24) is 9.97 Å². The van der Waals surface area contributed by atoms with E-state index in [1.54, 1.807) is 18.5 Å². The summed E-state index contributed by atoms with van der Waals surface area (Å²) in [7, 11) is 0. The highest BCUT2D eigenvalue weighted by Gasteiger charge is 2.03. The van der Waals surface area contributed by atoms with E-state index in [-0.39, 0.29) is 0 Å². The number of nitrogens with one attached hydrogen (secondary N) is 1. The Hall–Kier alpha value is -1.38. The van der Waals surface area contributed by atoms with E-state index in [1.165, 1.54) is 6.92 Å². The molecule has 12 heavy (non-hydrogen) atoms. The summed E-state index contributed by atoms with van der Waals surface area (Å²) in [5.41, 5.74) is 2.45. The number of rotatable bonds is 1. The Kier molecular flexibility index (Phi) is 1.57. The number of nitrogens with zero attached hydrogens (tertiary/aromatic N) is 1. The molecule has 0 aliphatic heterocycles. The quantitative estimate of drug-likeness (QED) is 0.689. The first kappa shape index (κ1) is 7.28. The Labute approximate surface area is 69.4 Å². The summed E-state index contributed by atoms with van der Waals surface area (Å²) in [6.07, 6.45) is 0.690. The van der Waals surface area contributed by atoms with Crippen molar-refractivity contribution in [3.63, 3.8) is 0 Å². The molecule has 0 saturated heterocycles. The molecule has 0 radical (unpaired) electrons. The minimum atomic E-state index is -0.919. The highest BCUT2D eigenvalue weighted by molar-refractivity contribution is 5.75. The number of hydrogen-bond acceptors (Lipinski definition) is 1. The molecule has 1 unspecified atom stereocenters. The summed E-state index contributed by atoms with van der Waals surface area (Å²) in [6, 6.07) is 5.36. The van der Waals surface area contributed by atoms with Crippen LogP contribution >= 0.6 is 0 Å². The topological polar surface area (TPSA) is 28.7 Å². The molecule has 1 N–H and O–H groups in total.